The van der Waals surface area contributed by atoms with Crippen molar-refractivity contribution in [2.75, 3.05) is 0 Å². The highest BCUT2D eigenvalue weighted by Crippen LogP contribution is 2.13. The summed E-state index contributed by atoms with van der Waals surface area (Å²) in [6.07, 6.45) is 0.183. The van der Waals surface area contributed by atoms with Crippen molar-refractivity contribution < 1.29 is 9.59 Å². The molecule has 2 aromatic rings. The van der Waals surface area contributed by atoms with Gasteiger partial charge in [-0.05, 0) is 24.6 Å². The minimum Gasteiger partial charge on any atom is -0.366 e. The van der Waals surface area contributed by atoms with Gasteiger partial charge < -0.3 is 5.73 Å². The van der Waals surface area contributed by atoms with E-state index in [2.05, 4.69) is 0 Å². The van der Waals surface area contributed by atoms with E-state index in [1.165, 1.54) is 0 Å². The highest BCUT2D eigenvalue weighted by Gasteiger charge is 2.12. The number of carbonyl (C=O) groups excluding carboxylic acids is 2. The van der Waals surface area contributed by atoms with Gasteiger partial charge in [0.2, 0.25) is 5.91 Å². The molecule has 2 aromatic carbocycles. The van der Waals surface area contributed by atoms with Crippen molar-refractivity contribution in [3.8, 4) is 0 Å². The molecule has 0 saturated carbocycles. The van der Waals surface area contributed by atoms with Crippen LogP contribution in [0.3, 0.4) is 0 Å². The van der Waals surface area contributed by atoms with Crippen LogP contribution >= 0.6 is 0 Å². The predicted molar refractivity (Wildman–Crippen MR) is 74.2 cm³/mol. The lowest BCUT2D eigenvalue weighted by Gasteiger charge is -2.06. The number of benzene rings is 2. The number of primary amides is 1. The van der Waals surface area contributed by atoms with E-state index in [4.69, 9.17) is 5.73 Å². The molecule has 2 rings (SSSR count). The van der Waals surface area contributed by atoms with Crippen LogP contribution in [-0.2, 0) is 6.42 Å². The molecule has 0 spiro atoms. The predicted octanol–water partition coefficient (Wildman–Crippen LogP) is 2.52. The fourth-order valence-corrected chi connectivity index (χ4v) is 2.01. The Morgan fingerprint density at radius 3 is 2.47 bits per heavy atom. The van der Waals surface area contributed by atoms with Gasteiger partial charge in [0, 0.05) is 17.5 Å². The molecule has 0 aliphatic heterocycles. The summed E-state index contributed by atoms with van der Waals surface area (Å²) >= 11 is 0. The summed E-state index contributed by atoms with van der Waals surface area (Å²) in [6.45, 7) is 1.94. The van der Waals surface area contributed by atoms with Crippen molar-refractivity contribution in [3.63, 3.8) is 0 Å². The molecule has 3 heteroatoms. The maximum absolute atomic E-state index is 12.2. The number of hydrogen-bond donors (Lipinski definition) is 1. The van der Waals surface area contributed by atoms with Gasteiger partial charge in [0.15, 0.2) is 5.78 Å². The molecule has 0 saturated heterocycles. The summed E-state index contributed by atoms with van der Waals surface area (Å²) in [4.78, 5) is 23.5. The quantitative estimate of drug-likeness (QED) is 0.851. The Kier molecular flexibility index (Phi) is 3.76. The van der Waals surface area contributed by atoms with Crippen LogP contribution in [0.25, 0.3) is 0 Å². The van der Waals surface area contributed by atoms with E-state index in [0.29, 0.717) is 16.7 Å². The van der Waals surface area contributed by atoms with E-state index >= 15 is 0 Å². The molecule has 96 valence electrons. The summed E-state index contributed by atoms with van der Waals surface area (Å²) in [6, 6.07) is 14.3. The standard InChI is InChI=1S/C16H15NO2/c1-11-5-4-7-13(9-11)15(18)10-12-6-2-3-8-14(12)16(17)19/h2-9H,10H2,1H3,(H2,17,19). The van der Waals surface area contributed by atoms with Crippen LogP contribution in [0.2, 0.25) is 0 Å². The van der Waals surface area contributed by atoms with Crippen LogP contribution in [0, 0.1) is 6.92 Å². The van der Waals surface area contributed by atoms with Crippen molar-refractivity contribution in [1.29, 1.82) is 0 Å². The first-order valence-corrected chi connectivity index (χ1v) is 6.05. The normalized spacial score (nSPS) is 10.2. The third-order valence-corrected chi connectivity index (χ3v) is 2.97. The molecule has 0 bridgehead atoms. The number of rotatable bonds is 4. The molecule has 3 nitrogen and oxygen atoms in total. The molecule has 0 heterocycles. The number of ketones is 1. The Bertz CT molecular complexity index is 632. The van der Waals surface area contributed by atoms with Crippen molar-refractivity contribution in [3.05, 3.63) is 70.8 Å². The van der Waals surface area contributed by atoms with Crippen molar-refractivity contribution in [1.82, 2.24) is 0 Å². The van der Waals surface area contributed by atoms with Crippen LogP contribution in [0.5, 0.6) is 0 Å². The van der Waals surface area contributed by atoms with Crippen molar-refractivity contribution in [2.24, 2.45) is 5.73 Å². The lowest BCUT2D eigenvalue weighted by molar-refractivity contribution is 0.0991. The van der Waals surface area contributed by atoms with E-state index in [1.54, 1.807) is 30.3 Å². The number of Topliss-reactive ketones (excluding diaryl/α,β-unsaturated/α-hetero) is 1. The zero-order chi connectivity index (χ0) is 13.8. The van der Waals surface area contributed by atoms with Crippen molar-refractivity contribution in [2.45, 2.75) is 13.3 Å². The molecular weight excluding hydrogens is 238 g/mol. The van der Waals surface area contributed by atoms with E-state index in [0.717, 1.165) is 5.56 Å². The lowest BCUT2D eigenvalue weighted by atomic mass is 9.98. The highest BCUT2D eigenvalue weighted by molar-refractivity contribution is 6.00. The molecule has 19 heavy (non-hydrogen) atoms. The first kappa shape index (κ1) is 13.0. The Morgan fingerprint density at radius 1 is 1.05 bits per heavy atom. The first-order chi connectivity index (χ1) is 9.08. The molecule has 0 aliphatic rings. The number of nitrogens with two attached hydrogens (primary N) is 1. The summed E-state index contributed by atoms with van der Waals surface area (Å²) in [5.74, 6) is -0.523. The average Bonchev–Trinajstić information content (AvgIpc) is 2.39. The van der Waals surface area contributed by atoms with Gasteiger partial charge >= 0.3 is 0 Å². The van der Waals surface area contributed by atoms with Gasteiger partial charge in [0.1, 0.15) is 0 Å². The smallest absolute Gasteiger partial charge is 0.248 e. The topological polar surface area (TPSA) is 60.2 Å². The second kappa shape index (κ2) is 5.48. The van der Waals surface area contributed by atoms with Crippen LogP contribution < -0.4 is 5.73 Å². The zero-order valence-electron chi connectivity index (χ0n) is 10.7. The maximum atomic E-state index is 12.2. The van der Waals surface area contributed by atoms with Crippen LogP contribution in [0.1, 0.15) is 31.8 Å². The lowest BCUT2D eigenvalue weighted by Crippen LogP contribution is -2.15. The van der Waals surface area contributed by atoms with E-state index < -0.39 is 5.91 Å². The number of carbonyl (C=O) groups is 2. The van der Waals surface area contributed by atoms with E-state index in [1.807, 2.05) is 25.1 Å². The second-order valence-corrected chi connectivity index (χ2v) is 4.49. The fourth-order valence-electron chi connectivity index (χ4n) is 2.01. The van der Waals surface area contributed by atoms with Gasteiger partial charge in [-0.3, -0.25) is 9.59 Å². The number of aryl methyl sites for hydroxylation is 1. The molecule has 0 aromatic heterocycles. The monoisotopic (exact) mass is 253 g/mol. The van der Waals surface area contributed by atoms with Gasteiger partial charge in [-0.15, -0.1) is 0 Å². The van der Waals surface area contributed by atoms with Gasteiger partial charge in [0.25, 0.3) is 0 Å². The Labute approximate surface area is 112 Å². The Hall–Kier alpha value is -2.42. The Balaban J connectivity index is 2.27. The van der Waals surface area contributed by atoms with Crippen LogP contribution in [0.4, 0.5) is 0 Å². The van der Waals surface area contributed by atoms with E-state index in [-0.39, 0.29) is 12.2 Å². The molecule has 0 radical (unpaired) electrons. The number of amides is 1. The third kappa shape index (κ3) is 3.07. The fraction of sp³-hybridized carbons (Fsp3) is 0.125. The SMILES string of the molecule is Cc1cccc(C(=O)Cc2ccccc2C(N)=O)c1. The maximum Gasteiger partial charge on any atom is 0.248 e. The highest BCUT2D eigenvalue weighted by atomic mass is 16.1. The average molecular weight is 253 g/mol. The molecule has 0 fully saturated rings. The van der Waals surface area contributed by atoms with Crippen LogP contribution in [0.15, 0.2) is 48.5 Å². The van der Waals surface area contributed by atoms with Gasteiger partial charge in [-0.2, -0.15) is 0 Å². The van der Waals surface area contributed by atoms with Crippen molar-refractivity contribution >= 4 is 11.7 Å². The van der Waals surface area contributed by atoms with Crippen LogP contribution in [-0.4, -0.2) is 11.7 Å². The molecule has 0 aliphatic carbocycles. The minimum absolute atomic E-state index is 0.0163. The third-order valence-electron chi connectivity index (χ3n) is 2.97. The minimum atomic E-state index is -0.507. The second-order valence-electron chi connectivity index (χ2n) is 4.49. The molecular formula is C16H15NO2. The summed E-state index contributed by atoms with van der Waals surface area (Å²) in [5, 5.41) is 0. The molecule has 0 unspecified atom stereocenters. The molecule has 0 atom stereocenters. The molecule has 2 N–H and O–H groups in total. The van der Waals surface area contributed by atoms with Gasteiger partial charge in [-0.25, -0.2) is 0 Å². The van der Waals surface area contributed by atoms with Gasteiger partial charge in [0.05, 0.1) is 0 Å². The number of hydrogen-bond acceptors (Lipinski definition) is 2. The zero-order valence-corrected chi connectivity index (χ0v) is 10.7. The van der Waals surface area contributed by atoms with Gasteiger partial charge in [-0.1, -0.05) is 42.0 Å². The molecule has 1 amide bonds. The largest absolute Gasteiger partial charge is 0.366 e. The first-order valence-electron chi connectivity index (χ1n) is 6.05. The summed E-state index contributed by atoms with van der Waals surface area (Å²) in [5.41, 5.74) is 8.07. The summed E-state index contributed by atoms with van der Waals surface area (Å²) < 4.78 is 0. The van der Waals surface area contributed by atoms with E-state index in [9.17, 15) is 9.59 Å². The Morgan fingerprint density at radius 2 is 1.79 bits per heavy atom. The summed E-state index contributed by atoms with van der Waals surface area (Å²) in [7, 11) is 0.